The van der Waals surface area contributed by atoms with Crippen molar-refractivity contribution in [1.82, 2.24) is 0 Å². The number of hydrogen-bond donors (Lipinski definition) is 0. The minimum absolute atomic E-state index is 0.0713. The summed E-state index contributed by atoms with van der Waals surface area (Å²) in [5.74, 6) is 0.904. The van der Waals surface area contributed by atoms with Gasteiger partial charge in [0.15, 0.2) is 16.9 Å². The smallest absolute Gasteiger partial charge is 0.295 e. The molecule has 0 spiro atoms. The maximum Gasteiger partial charge on any atom is 0.295 e. The van der Waals surface area contributed by atoms with Gasteiger partial charge in [-0.3, -0.25) is 14.5 Å². The molecule has 6 nitrogen and oxygen atoms in total. The Balaban J connectivity index is 1.78. The van der Waals surface area contributed by atoms with Crippen molar-refractivity contribution in [3.05, 3.63) is 99.4 Å². The van der Waals surface area contributed by atoms with Gasteiger partial charge < -0.3 is 13.9 Å². The van der Waals surface area contributed by atoms with Crippen molar-refractivity contribution < 1.29 is 18.7 Å². The highest BCUT2D eigenvalue weighted by atomic mass is 16.5. The van der Waals surface area contributed by atoms with Crippen LogP contribution in [0.4, 0.5) is 5.69 Å². The molecule has 3 aromatic carbocycles. The molecule has 0 radical (unpaired) electrons. The van der Waals surface area contributed by atoms with E-state index in [1.807, 2.05) is 75.4 Å². The van der Waals surface area contributed by atoms with E-state index in [0.29, 0.717) is 46.9 Å². The lowest BCUT2D eigenvalue weighted by Crippen LogP contribution is -2.29. The largest absolute Gasteiger partial charge is 0.490 e. The molecule has 0 bridgehead atoms. The van der Waals surface area contributed by atoms with Crippen LogP contribution < -0.4 is 19.8 Å². The number of nitrogens with zero attached hydrogens (tertiary/aromatic N) is 1. The molecule has 1 atom stereocenters. The Morgan fingerprint density at radius 1 is 0.882 bits per heavy atom. The molecule has 0 saturated carbocycles. The highest BCUT2D eigenvalue weighted by Gasteiger charge is 2.43. The molecule has 0 N–H and O–H groups in total. The van der Waals surface area contributed by atoms with E-state index in [2.05, 4.69) is 0 Å². The Labute approximate surface area is 197 Å². The Bertz CT molecular complexity index is 1440. The second-order valence-electron chi connectivity index (χ2n) is 8.16. The molecule has 1 amide bonds. The van der Waals surface area contributed by atoms with Gasteiger partial charge in [0, 0.05) is 5.69 Å². The van der Waals surface area contributed by atoms with Gasteiger partial charge in [0.05, 0.1) is 30.2 Å². The second kappa shape index (κ2) is 8.71. The third-order valence-electron chi connectivity index (χ3n) is 5.94. The molecule has 4 aromatic rings. The number of carbonyl (C=O) groups is 1. The van der Waals surface area contributed by atoms with Gasteiger partial charge in [0.1, 0.15) is 5.58 Å². The zero-order valence-corrected chi connectivity index (χ0v) is 19.3. The highest BCUT2D eigenvalue weighted by molar-refractivity contribution is 6.10. The van der Waals surface area contributed by atoms with E-state index in [0.717, 1.165) is 11.1 Å². The van der Waals surface area contributed by atoms with E-state index in [9.17, 15) is 9.59 Å². The Kier molecular flexibility index (Phi) is 5.57. The molecule has 1 unspecified atom stereocenters. The molecule has 34 heavy (non-hydrogen) atoms. The summed E-state index contributed by atoms with van der Waals surface area (Å²) in [6.07, 6.45) is 0. The van der Waals surface area contributed by atoms with Crippen molar-refractivity contribution in [2.45, 2.75) is 26.8 Å². The monoisotopic (exact) mass is 455 g/mol. The van der Waals surface area contributed by atoms with Crippen molar-refractivity contribution in [3.63, 3.8) is 0 Å². The number of fused-ring (bicyclic) bond motifs is 2. The van der Waals surface area contributed by atoms with Crippen LogP contribution in [0.2, 0.25) is 0 Å². The minimum Gasteiger partial charge on any atom is -0.490 e. The highest BCUT2D eigenvalue weighted by Crippen LogP contribution is 2.43. The first-order chi connectivity index (χ1) is 16.5. The summed E-state index contributed by atoms with van der Waals surface area (Å²) >= 11 is 0. The Morgan fingerprint density at radius 3 is 2.35 bits per heavy atom. The van der Waals surface area contributed by atoms with E-state index in [-0.39, 0.29) is 17.1 Å². The van der Waals surface area contributed by atoms with Gasteiger partial charge in [-0.05, 0) is 62.7 Å². The zero-order valence-electron chi connectivity index (χ0n) is 19.3. The van der Waals surface area contributed by atoms with Crippen LogP contribution >= 0.6 is 0 Å². The van der Waals surface area contributed by atoms with Gasteiger partial charge in [0.25, 0.3) is 5.91 Å². The summed E-state index contributed by atoms with van der Waals surface area (Å²) in [7, 11) is 0. The van der Waals surface area contributed by atoms with Gasteiger partial charge in [0.2, 0.25) is 5.76 Å². The first-order valence-corrected chi connectivity index (χ1v) is 11.4. The SMILES string of the molecule is CCOc1ccc(C2c3c(oc4ccc(C)cc4c3=O)C(=O)N2c2ccccc2)cc1OCC. The average Bonchev–Trinajstić information content (AvgIpc) is 3.14. The van der Waals surface area contributed by atoms with Crippen LogP contribution in [0.15, 0.2) is 75.9 Å². The summed E-state index contributed by atoms with van der Waals surface area (Å²) in [6, 6.07) is 19.6. The number of para-hydroxylation sites is 1. The van der Waals surface area contributed by atoms with Gasteiger partial charge in [-0.25, -0.2) is 0 Å². The fourth-order valence-electron chi connectivity index (χ4n) is 4.49. The lowest BCUT2D eigenvalue weighted by Gasteiger charge is -2.26. The summed E-state index contributed by atoms with van der Waals surface area (Å²) < 4.78 is 17.6. The zero-order chi connectivity index (χ0) is 23.8. The molecule has 5 rings (SSSR count). The van der Waals surface area contributed by atoms with Crippen LogP contribution in [0.3, 0.4) is 0 Å². The van der Waals surface area contributed by atoms with Crippen molar-refractivity contribution in [2.75, 3.05) is 18.1 Å². The maximum absolute atomic E-state index is 13.8. The van der Waals surface area contributed by atoms with E-state index >= 15 is 0 Å². The molecule has 2 heterocycles. The Hall–Kier alpha value is -4.06. The van der Waals surface area contributed by atoms with Crippen LogP contribution in [0.1, 0.15) is 47.1 Å². The normalized spacial score (nSPS) is 15.0. The predicted molar refractivity (Wildman–Crippen MR) is 131 cm³/mol. The average molecular weight is 456 g/mol. The third kappa shape index (κ3) is 3.52. The number of benzene rings is 3. The molecule has 0 saturated heterocycles. The molecule has 1 aromatic heterocycles. The van der Waals surface area contributed by atoms with Gasteiger partial charge in [-0.2, -0.15) is 0 Å². The first-order valence-electron chi connectivity index (χ1n) is 11.4. The van der Waals surface area contributed by atoms with Crippen molar-refractivity contribution in [1.29, 1.82) is 0 Å². The summed E-state index contributed by atoms with van der Waals surface area (Å²) in [6.45, 7) is 6.68. The Morgan fingerprint density at radius 2 is 1.62 bits per heavy atom. The van der Waals surface area contributed by atoms with Crippen LogP contribution in [-0.2, 0) is 0 Å². The number of anilines is 1. The fraction of sp³-hybridized carbons (Fsp3) is 0.214. The van der Waals surface area contributed by atoms with E-state index in [1.165, 1.54) is 0 Å². The molecule has 6 heteroatoms. The topological polar surface area (TPSA) is 69.0 Å². The molecule has 172 valence electrons. The lowest BCUT2D eigenvalue weighted by molar-refractivity contribution is 0.0971. The van der Waals surface area contributed by atoms with Crippen LogP contribution in [0.25, 0.3) is 11.0 Å². The number of rotatable bonds is 6. The standard InChI is InChI=1S/C28H25NO5/c1-4-32-22-14-12-18(16-23(22)33-5-2)25-24-26(30)20-15-17(3)11-13-21(20)34-27(24)28(31)29(25)19-9-7-6-8-10-19/h6-16,25H,4-5H2,1-3H3. The quantitative estimate of drug-likeness (QED) is 0.376. The fourth-order valence-corrected chi connectivity index (χ4v) is 4.49. The minimum atomic E-state index is -0.666. The number of carbonyl (C=O) groups excluding carboxylic acids is 1. The van der Waals surface area contributed by atoms with Crippen molar-refractivity contribution in [2.24, 2.45) is 0 Å². The number of amides is 1. The third-order valence-corrected chi connectivity index (χ3v) is 5.94. The summed E-state index contributed by atoms with van der Waals surface area (Å²) in [5, 5.41) is 0.461. The van der Waals surface area contributed by atoms with Crippen molar-refractivity contribution in [3.8, 4) is 11.5 Å². The molecular formula is C28H25NO5. The van der Waals surface area contributed by atoms with Crippen LogP contribution in [0.5, 0.6) is 11.5 Å². The predicted octanol–water partition coefficient (Wildman–Crippen LogP) is 5.65. The van der Waals surface area contributed by atoms with Crippen molar-refractivity contribution >= 4 is 22.6 Å². The molecular weight excluding hydrogens is 430 g/mol. The lowest BCUT2D eigenvalue weighted by atomic mass is 9.97. The molecule has 0 fully saturated rings. The maximum atomic E-state index is 13.8. The number of ether oxygens (including phenoxy) is 2. The summed E-state index contributed by atoms with van der Waals surface area (Å²) in [5.41, 5.74) is 2.89. The van der Waals surface area contributed by atoms with E-state index in [1.54, 1.807) is 17.0 Å². The molecule has 1 aliphatic rings. The molecule has 1 aliphatic heterocycles. The van der Waals surface area contributed by atoms with Crippen LogP contribution in [0, 0.1) is 6.92 Å². The number of hydrogen-bond acceptors (Lipinski definition) is 5. The summed E-state index contributed by atoms with van der Waals surface area (Å²) in [4.78, 5) is 29.0. The molecule has 0 aliphatic carbocycles. The second-order valence-corrected chi connectivity index (χ2v) is 8.16. The van der Waals surface area contributed by atoms with Gasteiger partial charge in [-0.15, -0.1) is 0 Å². The van der Waals surface area contributed by atoms with Gasteiger partial charge in [-0.1, -0.05) is 35.9 Å². The van der Waals surface area contributed by atoms with E-state index in [4.69, 9.17) is 13.9 Å². The first kappa shape index (κ1) is 21.8. The van der Waals surface area contributed by atoms with Gasteiger partial charge >= 0.3 is 0 Å². The van der Waals surface area contributed by atoms with E-state index < -0.39 is 6.04 Å². The number of aryl methyl sites for hydroxylation is 1. The van der Waals surface area contributed by atoms with Crippen LogP contribution in [-0.4, -0.2) is 19.1 Å².